The fourth-order valence-corrected chi connectivity index (χ4v) is 4.09. The number of nitrogens with one attached hydrogen (secondary N) is 2. The van der Waals surface area contributed by atoms with Crippen LogP contribution in [0.1, 0.15) is 44.9 Å². The van der Waals surface area contributed by atoms with Crippen molar-refractivity contribution in [3.63, 3.8) is 0 Å². The Morgan fingerprint density at radius 3 is 2.48 bits per heavy atom. The maximum absolute atomic E-state index is 6.45. The topological polar surface area (TPSA) is 59.1 Å². The molecule has 27 heavy (non-hydrogen) atoms. The quantitative estimate of drug-likeness (QED) is 0.745. The molecule has 1 aliphatic heterocycles. The molecule has 1 saturated heterocycles. The van der Waals surface area contributed by atoms with E-state index in [0.29, 0.717) is 17.1 Å². The third-order valence-corrected chi connectivity index (χ3v) is 5.71. The highest BCUT2D eigenvalue weighted by Crippen LogP contribution is 2.30. The van der Waals surface area contributed by atoms with E-state index in [1.807, 2.05) is 24.3 Å². The Balaban J connectivity index is 1.51. The van der Waals surface area contributed by atoms with Gasteiger partial charge in [0.15, 0.2) is 0 Å². The summed E-state index contributed by atoms with van der Waals surface area (Å²) < 4.78 is 5.43. The van der Waals surface area contributed by atoms with E-state index in [1.54, 1.807) is 6.20 Å². The Kier molecular flexibility index (Phi) is 6.10. The van der Waals surface area contributed by atoms with Crippen LogP contribution in [0.4, 0.5) is 11.6 Å². The molecular weight excluding hydrogens is 360 g/mol. The first-order valence-electron chi connectivity index (χ1n) is 10.0. The Morgan fingerprint density at radius 1 is 0.926 bits per heavy atom. The van der Waals surface area contributed by atoms with Crippen LogP contribution in [-0.2, 0) is 4.74 Å². The maximum Gasteiger partial charge on any atom is 0.126 e. The molecule has 0 radical (unpaired) electrons. The van der Waals surface area contributed by atoms with Crippen molar-refractivity contribution < 1.29 is 4.74 Å². The molecule has 6 heteroatoms. The number of halogens is 1. The zero-order valence-corrected chi connectivity index (χ0v) is 16.3. The third-order valence-electron chi connectivity index (χ3n) is 5.41. The number of hydrogen-bond acceptors (Lipinski definition) is 5. The van der Waals surface area contributed by atoms with Gasteiger partial charge in [-0.15, -0.1) is 0 Å². The molecule has 1 saturated carbocycles. The number of hydrogen-bond donors (Lipinski definition) is 2. The molecule has 0 amide bonds. The monoisotopic (exact) mass is 386 g/mol. The van der Waals surface area contributed by atoms with Crippen molar-refractivity contribution in [1.29, 1.82) is 0 Å². The Hall–Kier alpha value is -1.85. The Labute approximate surface area is 165 Å². The number of aromatic nitrogens is 2. The Morgan fingerprint density at radius 2 is 1.67 bits per heavy atom. The first-order chi connectivity index (χ1) is 13.3. The van der Waals surface area contributed by atoms with Gasteiger partial charge in [0, 0.05) is 37.1 Å². The molecule has 5 nitrogen and oxygen atoms in total. The van der Waals surface area contributed by atoms with Gasteiger partial charge in [0.25, 0.3) is 0 Å². The minimum absolute atomic E-state index is 0.415. The average molecular weight is 387 g/mol. The van der Waals surface area contributed by atoms with Crippen LogP contribution in [0.3, 0.4) is 0 Å². The lowest BCUT2D eigenvalue weighted by atomic mass is 9.95. The van der Waals surface area contributed by atoms with E-state index >= 15 is 0 Å². The van der Waals surface area contributed by atoms with Crippen LogP contribution in [0.5, 0.6) is 0 Å². The van der Waals surface area contributed by atoms with Crippen LogP contribution in [0.25, 0.3) is 11.3 Å². The van der Waals surface area contributed by atoms with Gasteiger partial charge in [-0.3, -0.25) is 0 Å². The first kappa shape index (κ1) is 18.5. The summed E-state index contributed by atoms with van der Waals surface area (Å²) in [5.41, 5.74) is 1.78. The summed E-state index contributed by atoms with van der Waals surface area (Å²) in [4.78, 5) is 9.27. The number of rotatable bonds is 5. The van der Waals surface area contributed by atoms with E-state index in [9.17, 15) is 0 Å². The second kappa shape index (κ2) is 8.89. The molecule has 0 atom stereocenters. The van der Waals surface area contributed by atoms with Gasteiger partial charge in [-0.1, -0.05) is 36.9 Å². The Bertz CT molecular complexity index is 758. The molecule has 4 rings (SSSR count). The fourth-order valence-electron chi connectivity index (χ4n) is 3.89. The molecule has 0 spiro atoms. The van der Waals surface area contributed by atoms with Crippen LogP contribution in [0.2, 0.25) is 5.02 Å². The SMILES string of the molecule is Clc1cnc(NC2CCCCC2)cc1-c1cccc(NC2CCOCC2)n1. The number of ether oxygens (including phenoxy) is 1. The highest BCUT2D eigenvalue weighted by atomic mass is 35.5. The van der Waals surface area contributed by atoms with Gasteiger partial charge in [0.05, 0.1) is 10.7 Å². The minimum atomic E-state index is 0.415. The molecule has 0 aromatic carbocycles. The lowest BCUT2D eigenvalue weighted by Gasteiger charge is -2.24. The molecule has 2 N–H and O–H groups in total. The van der Waals surface area contributed by atoms with E-state index in [0.717, 1.165) is 48.9 Å². The van der Waals surface area contributed by atoms with Crippen molar-refractivity contribution in [2.45, 2.75) is 57.0 Å². The summed E-state index contributed by atoms with van der Waals surface area (Å²) in [6.45, 7) is 1.62. The summed E-state index contributed by atoms with van der Waals surface area (Å²) in [5, 5.41) is 7.72. The van der Waals surface area contributed by atoms with E-state index < -0.39 is 0 Å². The van der Waals surface area contributed by atoms with Gasteiger partial charge in [-0.2, -0.15) is 0 Å². The van der Waals surface area contributed by atoms with E-state index in [4.69, 9.17) is 21.3 Å². The fraction of sp³-hybridized carbons (Fsp3) is 0.524. The van der Waals surface area contributed by atoms with Gasteiger partial charge in [0.1, 0.15) is 11.6 Å². The van der Waals surface area contributed by atoms with Crippen molar-refractivity contribution in [3.05, 3.63) is 35.5 Å². The van der Waals surface area contributed by atoms with Crippen LogP contribution in [-0.4, -0.2) is 35.3 Å². The molecule has 0 unspecified atom stereocenters. The van der Waals surface area contributed by atoms with Crippen molar-refractivity contribution in [3.8, 4) is 11.3 Å². The van der Waals surface area contributed by atoms with Crippen LogP contribution in [0, 0.1) is 0 Å². The van der Waals surface area contributed by atoms with E-state index in [-0.39, 0.29) is 0 Å². The standard InChI is InChI=1S/C21H27ClN4O/c22-18-14-23-21(25-15-5-2-1-3-6-15)13-17(18)19-7-4-8-20(26-19)24-16-9-11-27-12-10-16/h4,7-8,13-16H,1-3,5-6,9-12H2,(H,23,25)(H,24,26). The summed E-state index contributed by atoms with van der Waals surface area (Å²) >= 11 is 6.45. The first-order valence-corrected chi connectivity index (χ1v) is 10.4. The number of pyridine rings is 2. The molecule has 3 heterocycles. The smallest absolute Gasteiger partial charge is 0.126 e. The highest BCUT2D eigenvalue weighted by molar-refractivity contribution is 6.33. The molecule has 2 aromatic rings. The van der Waals surface area contributed by atoms with Crippen molar-refractivity contribution in [1.82, 2.24) is 9.97 Å². The summed E-state index contributed by atoms with van der Waals surface area (Å²) in [6.07, 6.45) is 10.1. The van der Waals surface area contributed by atoms with Gasteiger partial charge in [-0.05, 0) is 43.9 Å². The largest absolute Gasteiger partial charge is 0.381 e. The van der Waals surface area contributed by atoms with Crippen molar-refractivity contribution >= 4 is 23.2 Å². The van der Waals surface area contributed by atoms with Gasteiger partial charge in [-0.25, -0.2) is 9.97 Å². The molecule has 2 aliphatic rings. The minimum Gasteiger partial charge on any atom is -0.381 e. The predicted molar refractivity (Wildman–Crippen MR) is 110 cm³/mol. The molecule has 1 aliphatic carbocycles. The van der Waals surface area contributed by atoms with Crippen LogP contribution >= 0.6 is 11.6 Å². The van der Waals surface area contributed by atoms with Crippen LogP contribution in [0.15, 0.2) is 30.5 Å². The van der Waals surface area contributed by atoms with Crippen molar-refractivity contribution in [2.24, 2.45) is 0 Å². The van der Waals surface area contributed by atoms with E-state index in [1.165, 1.54) is 32.1 Å². The summed E-state index contributed by atoms with van der Waals surface area (Å²) in [5.74, 6) is 1.76. The van der Waals surface area contributed by atoms with Crippen molar-refractivity contribution in [2.75, 3.05) is 23.8 Å². The highest BCUT2D eigenvalue weighted by Gasteiger charge is 2.16. The molecule has 2 fully saturated rings. The lowest BCUT2D eigenvalue weighted by Crippen LogP contribution is -2.28. The number of anilines is 2. The van der Waals surface area contributed by atoms with Gasteiger partial charge < -0.3 is 15.4 Å². The molecule has 144 valence electrons. The molecule has 0 bridgehead atoms. The summed E-state index contributed by atoms with van der Waals surface area (Å²) in [6, 6.07) is 8.98. The van der Waals surface area contributed by atoms with Gasteiger partial charge >= 0.3 is 0 Å². The molecule has 2 aromatic heterocycles. The number of nitrogens with zero attached hydrogens (tertiary/aromatic N) is 2. The van der Waals surface area contributed by atoms with E-state index in [2.05, 4.69) is 15.6 Å². The second-order valence-corrected chi connectivity index (χ2v) is 7.87. The third kappa shape index (κ3) is 4.90. The van der Waals surface area contributed by atoms with Crippen LogP contribution < -0.4 is 10.6 Å². The van der Waals surface area contributed by atoms with Gasteiger partial charge in [0.2, 0.25) is 0 Å². The molecular formula is C21H27ClN4O. The normalized spacial score (nSPS) is 19.0. The average Bonchev–Trinajstić information content (AvgIpc) is 2.71. The second-order valence-electron chi connectivity index (χ2n) is 7.47. The zero-order valence-electron chi connectivity index (χ0n) is 15.6. The lowest BCUT2D eigenvalue weighted by molar-refractivity contribution is 0.0904. The predicted octanol–water partition coefficient (Wildman–Crippen LogP) is 5.13. The zero-order chi connectivity index (χ0) is 18.5. The summed E-state index contributed by atoms with van der Waals surface area (Å²) in [7, 11) is 0. The maximum atomic E-state index is 6.45.